The molecular formula is C16H33N3O. The summed E-state index contributed by atoms with van der Waals surface area (Å²) >= 11 is 0. The van der Waals surface area contributed by atoms with Crippen molar-refractivity contribution in [3.63, 3.8) is 0 Å². The van der Waals surface area contributed by atoms with Gasteiger partial charge in [-0.15, -0.1) is 0 Å². The van der Waals surface area contributed by atoms with Gasteiger partial charge in [0.25, 0.3) is 0 Å². The Labute approximate surface area is 124 Å². The Balaban J connectivity index is 1.82. The molecule has 0 spiro atoms. The van der Waals surface area contributed by atoms with E-state index < -0.39 is 0 Å². The van der Waals surface area contributed by atoms with Crippen LogP contribution in [0.3, 0.4) is 0 Å². The summed E-state index contributed by atoms with van der Waals surface area (Å²) in [7, 11) is 2.12. The van der Waals surface area contributed by atoms with Crippen molar-refractivity contribution in [1.82, 2.24) is 15.1 Å². The fourth-order valence-electron chi connectivity index (χ4n) is 3.98. The number of β-amino-alcohol motifs (C(OH)–C–C–N with tert-alkyl or cyclic N) is 1. The first kappa shape index (κ1) is 16.2. The second-order valence-corrected chi connectivity index (χ2v) is 7.43. The molecule has 0 aromatic carbocycles. The first-order valence-electron chi connectivity index (χ1n) is 8.27. The molecule has 0 aromatic heterocycles. The van der Waals surface area contributed by atoms with Crippen LogP contribution in [0.1, 0.15) is 33.1 Å². The fourth-order valence-corrected chi connectivity index (χ4v) is 3.98. The van der Waals surface area contributed by atoms with Crippen LogP contribution in [-0.2, 0) is 0 Å². The molecule has 1 aliphatic carbocycles. The summed E-state index contributed by atoms with van der Waals surface area (Å²) in [6, 6.07) is 0.693. The van der Waals surface area contributed by atoms with Crippen molar-refractivity contribution >= 4 is 0 Å². The Bertz CT molecular complexity index is 287. The van der Waals surface area contributed by atoms with Gasteiger partial charge in [-0.2, -0.15) is 0 Å². The van der Waals surface area contributed by atoms with Gasteiger partial charge in [-0.05, 0) is 37.6 Å². The van der Waals surface area contributed by atoms with Gasteiger partial charge in [0.2, 0.25) is 0 Å². The smallest absolute Gasteiger partial charge is 0.0558 e. The van der Waals surface area contributed by atoms with E-state index in [-0.39, 0.29) is 0 Å². The molecule has 4 nitrogen and oxygen atoms in total. The highest BCUT2D eigenvalue weighted by molar-refractivity contribution is 4.90. The van der Waals surface area contributed by atoms with E-state index in [9.17, 15) is 0 Å². The van der Waals surface area contributed by atoms with Gasteiger partial charge in [-0.3, -0.25) is 4.90 Å². The second-order valence-electron chi connectivity index (χ2n) is 7.43. The standard InChI is InChI=1S/C16H33N3O/c1-16(2)5-4-15(17-3)14(12-16)13-19-8-6-18(7-9-19)10-11-20/h14-15,17,20H,4-13H2,1-3H3. The minimum atomic E-state index is 0.290. The van der Waals surface area contributed by atoms with E-state index in [0.717, 1.165) is 38.6 Å². The molecule has 2 unspecified atom stereocenters. The maximum absolute atomic E-state index is 9.01. The number of rotatable bonds is 5. The molecule has 1 saturated heterocycles. The van der Waals surface area contributed by atoms with Crippen molar-refractivity contribution in [2.45, 2.75) is 39.2 Å². The lowest BCUT2D eigenvalue weighted by Gasteiger charge is -2.44. The van der Waals surface area contributed by atoms with Crippen LogP contribution in [0.25, 0.3) is 0 Å². The van der Waals surface area contributed by atoms with E-state index in [1.807, 2.05) is 0 Å². The molecule has 0 bridgehead atoms. The molecule has 118 valence electrons. The summed E-state index contributed by atoms with van der Waals surface area (Å²) in [5.74, 6) is 0.785. The predicted molar refractivity (Wildman–Crippen MR) is 83.9 cm³/mol. The van der Waals surface area contributed by atoms with Crippen molar-refractivity contribution in [1.29, 1.82) is 0 Å². The summed E-state index contributed by atoms with van der Waals surface area (Å²) in [6.45, 7) is 11.8. The van der Waals surface area contributed by atoms with Crippen LogP contribution >= 0.6 is 0 Å². The number of nitrogens with zero attached hydrogens (tertiary/aromatic N) is 2. The summed E-state index contributed by atoms with van der Waals surface area (Å²) in [4.78, 5) is 5.00. The molecule has 4 heteroatoms. The summed E-state index contributed by atoms with van der Waals surface area (Å²) < 4.78 is 0. The molecule has 0 radical (unpaired) electrons. The minimum Gasteiger partial charge on any atom is -0.395 e. The van der Waals surface area contributed by atoms with Gasteiger partial charge in [0, 0.05) is 45.3 Å². The predicted octanol–water partition coefficient (Wildman–Crippen LogP) is 1.01. The number of nitrogens with one attached hydrogen (secondary N) is 1. The molecule has 0 aromatic rings. The van der Waals surface area contributed by atoms with Crippen LogP contribution in [0.2, 0.25) is 0 Å². The van der Waals surface area contributed by atoms with Gasteiger partial charge in [0.15, 0.2) is 0 Å². The van der Waals surface area contributed by atoms with Crippen molar-refractivity contribution in [2.24, 2.45) is 11.3 Å². The number of hydrogen-bond acceptors (Lipinski definition) is 4. The number of piperazine rings is 1. The third-order valence-corrected chi connectivity index (χ3v) is 5.26. The van der Waals surface area contributed by atoms with Crippen LogP contribution in [-0.4, -0.2) is 73.9 Å². The van der Waals surface area contributed by atoms with Crippen LogP contribution < -0.4 is 5.32 Å². The van der Waals surface area contributed by atoms with Crippen LogP contribution in [0, 0.1) is 11.3 Å². The first-order chi connectivity index (χ1) is 9.54. The van der Waals surface area contributed by atoms with Crippen LogP contribution in [0.4, 0.5) is 0 Å². The quantitative estimate of drug-likeness (QED) is 0.790. The van der Waals surface area contributed by atoms with Gasteiger partial charge in [0.05, 0.1) is 6.61 Å². The average molecular weight is 283 g/mol. The minimum absolute atomic E-state index is 0.290. The van der Waals surface area contributed by atoms with Gasteiger partial charge in [-0.25, -0.2) is 0 Å². The van der Waals surface area contributed by atoms with E-state index in [1.165, 1.54) is 25.8 Å². The maximum atomic E-state index is 9.01. The number of aliphatic hydroxyl groups is 1. The fraction of sp³-hybridized carbons (Fsp3) is 1.00. The third-order valence-electron chi connectivity index (χ3n) is 5.26. The molecule has 2 aliphatic rings. The van der Waals surface area contributed by atoms with E-state index in [4.69, 9.17) is 5.11 Å². The molecular weight excluding hydrogens is 250 g/mol. The van der Waals surface area contributed by atoms with Gasteiger partial charge >= 0.3 is 0 Å². The summed E-state index contributed by atoms with van der Waals surface area (Å²) in [6.07, 6.45) is 4.01. The van der Waals surface area contributed by atoms with E-state index in [0.29, 0.717) is 18.1 Å². The number of aliphatic hydroxyl groups excluding tert-OH is 1. The molecule has 1 saturated carbocycles. The van der Waals surface area contributed by atoms with Crippen molar-refractivity contribution in [3.8, 4) is 0 Å². The zero-order valence-electron chi connectivity index (χ0n) is 13.6. The maximum Gasteiger partial charge on any atom is 0.0558 e. The molecule has 2 N–H and O–H groups in total. The molecule has 0 amide bonds. The Morgan fingerprint density at radius 1 is 1.15 bits per heavy atom. The Hall–Kier alpha value is -0.160. The first-order valence-corrected chi connectivity index (χ1v) is 8.27. The number of hydrogen-bond donors (Lipinski definition) is 2. The van der Waals surface area contributed by atoms with E-state index in [2.05, 4.69) is 36.0 Å². The van der Waals surface area contributed by atoms with Crippen molar-refractivity contribution in [2.75, 3.05) is 52.9 Å². The Kier molecular flexibility index (Phi) is 5.84. The van der Waals surface area contributed by atoms with Gasteiger partial charge < -0.3 is 15.3 Å². The van der Waals surface area contributed by atoms with Gasteiger partial charge in [-0.1, -0.05) is 13.8 Å². The van der Waals surface area contributed by atoms with Crippen molar-refractivity contribution < 1.29 is 5.11 Å². The second kappa shape index (κ2) is 7.21. The van der Waals surface area contributed by atoms with E-state index >= 15 is 0 Å². The highest BCUT2D eigenvalue weighted by atomic mass is 16.3. The third kappa shape index (κ3) is 4.42. The molecule has 1 aliphatic heterocycles. The molecule has 2 fully saturated rings. The zero-order valence-corrected chi connectivity index (χ0v) is 13.6. The van der Waals surface area contributed by atoms with E-state index in [1.54, 1.807) is 0 Å². The van der Waals surface area contributed by atoms with Gasteiger partial charge in [0.1, 0.15) is 0 Å². The summed E-state index contributed by atoms with van der Waals surface area (Å²) in [5, 5.41) is 12.5. The molecule has 1 heterocycles. The monoisotopic (exact) mass is 283 g/mol. The zero-order chi connectivity index (χ0) is 14.6. The highest BCUT2D eigenvalue weighted by Crippen LogP contribution is 2.39. The van der Waals surface area contributed by atoms with Crippen LogP contribution in [0.5, 0.6) is 0 Å². The Morgan fingerprint density at radius 3 is 2.40 bits per heavy atom. The Morgan fingerprint density at radius 2 is 1.80 bits per heavy atom. The van der Waals surface area contributed by atoms with Crippen molar-refractivity contribution in [3.05, 3.63) is 0 Å². The summed E-state index contributed by atoms with van der Waals surface area (Å²) in [5.41, 5.74) is 0.511. The normalized spacial score (nSPS) is 32.4. The lowest BCUT2D eigenvalue weighted by molar-refractivity contribution is 0.0663. The lowest BCUT2D eigenvalue weighted by Crippen LogP contribution is -2.52. The average Bonchev–Trinajstić information content (AvgIpc) is 2.41. The topological polar surface area (TPSA) is 38.7 Å². The lowest BCUT2D eigenvalue weighted by atomic mass is 9.69. The largest absolute Gasteiger partial charge is 0.395 e. The SMILES string of the molecule is CNC1CCC(C)(C)CC1CN1CCN(CCO)CC1. The molecule has 2 rings (SSSR count). The highest BCUT2D eigenvalue weighted by Gasteiger charge is 2.35. The molecule has 20 heavy (non-hydrogen) atoms. The molecule has 2 atom stereocenters. The van der Waals surface area contributed by atoms with Crippen LogP contribution in [0.15, 0.2) is 0 Å².